The number of hydrogen-bond acceptors (Lipinski definition) is 8. The number of rotatable bonds is 8. The number of aromatic hydroxyl groups is 3. The lowest BCUT2D eigenvalue weighted by Gasteiger charge is -2.30. The fourth-order valence-corrected chi connectivity index (χ4v) is 1.63. The van der Waals surface area contributed by atoms with Crippen molar-refractivity contribution >= 4 is 5.97 Å². The molecule has 8 nitrogen and oxygen atoms in total. The van der Waals surface area contributed by atoms with Crippen LogP contribution in [0.25, 0.3) is 0 Å². The Hall–Kier alpha value is -2.03. The first kappa shape index (κ1) is 18.0. The first-order chi connectivity index (χ1) is 10.4. The first-order valence-corrected chi connectivity index (χ1v) is 6.64. The summed E-state index contributed by atoms with van der Waals surface area (Å²) in [6.07, 6.45) is 0. The van der Waals surface area contributed by atoms with Crippen molar-refractivity contribution in [2.75, 3.05) is 26.9 Å². The van der Waals surface area contributed by atoms with Crippen molar-refractivity contribution in [3.05, 3.63) is 17.7 Å². The number of methoxy groups -OCH3 is 1. The van der Waals surface area contributed by atoms with E-state index < -0.39 is 29.2 Å². The molecule has 0 aliphatic carbocycles. The minimum Gasteiger partial charge on any atom is -0.504 e. The first-order valence-electron chi connectivity index (χ1n) is 6.64. The molecular weight excluding hydrogens is 296 g/mol. The molecule has 0 amide bonds. The van der Waals surface area contributed by atoms with Crippen LogP contribution in [0.3, 0.4) is 0 Å². The van der Waals surface area contributed by atoms with Gasteiger partial charge in [-0.25, -0.2) is 4.79 Å². The molecule has 0 aliphatic rings. The predicted octanol–water partition coefficient (Wildman–Crippen LogP) is 1.33. The van der Waals surface area contributed by atoms with E-state index >= 15 is 0 Å². The summed E-state index contributed by atoms with van der Waals surface area (Å²) in [5.74, 6) is -4.72. The Morgan fingerprint density at radius 1 is 1.14 bits per heavy atom. The highest BCUT2D eigenvalue weighted by atomic mass is 16.9. The van der Waals surface area contributed by atoms with Crippen LogP contribution in [0.5, 0.6) is 17.2 Å². The molecule has 1 aromatic rings. The third-order valence-corrected chi connectivity index (χ3v) is 2.71. The van der Waals surface area contributed by atoms with E-state index in [1.807, 2.05) is 0 Å². The summed E-state index contributed by atoms with van der Waals surface area (Å²) >= 11 is 0. The maximum atomic E-state index is 12.1. The second kappa shape index (κ2) is 7.83. The lowest BCUT2D eigenvalue weighted by atomic mass is 10.2. The molecule has 0 fully saturated rings. The van der Waals surface area contributed by atoms with Crippen molar-refractivity contribution in [2.45, 2.75) is 19.8 Å². The second-order valence-electron chi connectivity index (χ2n) is 4.21. The number of esters is 1. The third kappa shape index (κ3) is 4.23. The van der Waals surface area contributed by atoms with Gasteiger partial charge in [0.1, 0.15) is 6.61 Å². The van der Waals surface area contributed by atoms with Gasteiger partial charge >= 0.3 is 11.9 Å². The molecule has 3 N–H and O–H groups in total. The minimum atomic E-state index is -1.75. The number of phenols is 3. The standard InChI is InChI=1S/C14H20O8/c1-4-20-8-14(19-3,21-5-2)22-13(18)9-6-10(15)12(17)11(16)7-9/h6-7,15-17H,4-5,8H2,1-3H3. The zero-order valence-electron chi connectivity index (χ0n) is 12.7. The fourth-order valence-electron chi connectivity index (χ4n) is 1.63. The number of benzene rings is 1. The maximum absolute atomic E-state index is 12.1. The Balaban J connectivity index is 2.99. The van der Waals surface area contributed by atoms with Gasteiger partial charge in [-0.3, -0.25) is 0 Å². The smallest absolute Gasteiger partial charge is 0.353 e. The Morgan fingerprint density at radius 2 is 1.73 bits per heavy atom. The molecule has 1 aromatic carbocycles. The average molecular weight is 316 g/mol. The van der Waals surface area contributed by atoms with E-state index in [9.17, 15) is 20.1 Å². The molecule has 1 rings (SSSR count). The summed E-state index contributed by atoms with van der Waals surface area (Å²) in [6, 6.07) is 1.90. The molecule has 0 aliphatic heterocycles. The van der Waals surface area contributed by atoms with Crippen LogP contribution < -0.4 is 0 Å². The summed E-state index contributed by atoms with van der Waals surface area (Å²) in [4.78, 5) is 12.1. The Bertz CT molecular complexity index is 493. The van der Waals surface area contributed by atoms with Gasteiger partial charge in [-0.15, -0.1) is 0 Å². The normalized spacial score (nSPS) is 13.6. The van der Waals surface area contributed by atoms with Gasteiger partial charge in [0.25, 0.3) is 0 Å². The molecule has 1 atom stereocenters. The summed E-state index contributed by atoms with van der Waals surface area (Å²) in [7, 11) is 1.29. The van der Waals surface area contributed by atoms with Crippen LogP contribution in [0.1, 0.15) is 24.2 Å². The van der Waals surface area contributed by atoms with E-state index in [-0.39, 0.29) is 18.8 Å². The summed E-state index contributed by atoms with van der Waals surface area (Å²) in [5.41, 5.74) is -0.189. The van der Waals surface area contributed by atoms with Gasteiger partial charge in [0.05, 0.1) is 12.2 Å². The van der Waals surface area contributed by atoms with E-state index in [1.165, 1.54) is 7.11 Å². The van der Waals surface area contributed by atoms with Crippen molar-refractivity contribution in [2.24, 2.45) is 0 Å². The van der Waals surface area contributed by atoms with Crippen LogP contribution in [0, 0.1) is 0 Å². The van der Waals surface area contributed by atoms with Gasteiger partial charge < -0.3 is 34.3 Å². The fraction of sp³-hybridized carbons (Fsp3) is 0.500. The van der Waals surface area contributed by atoms with E-state index in [0.29, 0.717) is 6.61 Å². The van der Waals surface area contributed by atoms with Crippen molar-refractivity contribution < 1.29 is 39.1 Å². The Labute approximate surface area is 127 Å². The molecule has 22 heavy (non-hydrogen) atoms. The number of phenolic OH excluding ortho intramolecular Hbond substituents is 3. The minimum absolute atomic E-state index is 0.157. The summed E-state index contributed by atoms with van der Waals surface area (Å²) in [5, 5.41) is 28.1. The van der Waals surface area contributed by atoms with Gasteiger partial charge in [0.15, 0.2) is 17.2 Å². The molecule has 1 unspecified atom stereocenters. The van der Waals surface area contributed by atoms with Crippen LogP contribution in [0.2, 0.25) is 0 Å². The van der Waals surface area contributed by atoms with Gasteiger partial charge in [0.2, 0.25) is 0 Å². The van der Waals surface area contributed by atoms with Crippen LogP contribution >= 0.6 is 0 Å². The van der Waals surface area contributed by atoms with Crippen molar-refractivity contribution in [3.63, 3.8) is 0 Å². The van der Waals surface area contributed by atoms with Gasteiger partial charge in [-0.1, -0.05) is 0 Å². The van der Waals surface area contributed by atoms with E-state index in [4.69, 9.17) is 18.9 Å². The average Bonchev–Trinajstić information content (AvgIpc) is 2.49. The van der Waals surface area contributed by atoms with E-state index in [2.05, 4.69) is 0 Å². The summed E-state index contributed by atoms with van der Waals surface area (Å²) in [6.45, 7) is 3.84. The Morgan fingerprint density at radius 3 is 2.18 bits per heavy atom. The zero-order chi connectivity index (χ0) is 16.8. The van der Waals surface area contributed by atoms with Crippen LogP contribution in [-0.2, 0) is 18.9 Å². The monoisotopic (exact) mass is 316 g/mol. The molecule has 0 saturated heterocycles. The molecule has 0 spiro atoms. The van der Waals surface area contributed by atoms with Gasteiger partial charge in [-0.2, -0.15) is 0 Å². The summed E-state index contributed by atoms with van der Waals surface area (Å²) < 4.78 is 20.7. The van der Waals surface area contributed by atoms with E-state index in [0.717, 1.165) is 12.1 Å². The number of ether oxygens (including phenoxy) is 4. The molecular formula is C14H20O8. The molecule has 124 valence electrons. The van der Waals surface area contributed by atoms with Crippen molar-refractivity contribution in [1.29, 1.82) is 0 Å². The largest absolute Gasteiger partial charge is 0.504 e. The van der Waals surface area contributed by atoms with Gasteiger partial charge in [-0.05, 0) is 26.0 Å². The second-order valence-corrected chi connectivity index (χ2v) is 4.21. The Kier molecular flexibility index (Phi) is 6.41. The lowest BCUT2D eigenvalue weighted by molar-refractivity contribution is -0.360. The van der Waals surface area contributed by atoms with Crippen molar-refractivity contribution in [1.82, 2.24) is 0 Å². The highest BCUT2D eigenvalue weighted by molar-refractivity contribution is 5.91. The van der Waals surface area contributed by atoms with Crippen molar-refractivity contribution in [3.8, 4) is 17.2 Å². The molecule has 8 heteroatoms. The molecule has 0 aromatic heterocycles. The maximum Gasteiger partial charge on any atom is 0.353 e. The van der Waals surface area contributed by atoms with Crippen LogP contribution in [0.15, 0.2) is 12.1 Å². The predicted molar refractivity (Wildman–Crippen MR) is 74.7 cm³/mol. The highest BCUT2D eigenvalue weighted by Gasteiger charge is 2.37. The topological polar surface area (TPSA) is 115 Å². The molecule has 0 heterocycles. The number of carbonyl (C=O) groups is 1. The number of hydrogen-bond donors (Lipinski definition) is 3. The van der Waals surface area contributed by atoms with Gasteiger partial charge in [0, 0.05) is 13.7 Å². The third-order valence-electron chi connectivity index (χ3n) is 2.71. The quantitative estimate of drug-likeness (QED) is 0.374. The van der Waals surface area contributed by atoms with Crippen LogP contribution in [-0.4, -0.2) is 54.2 Å². The molecule has 0 saturated carbocycles. The van der Waals surface area contributed by atoms with Crippen LogP contribution in [0.4, 0.5) is 0 Å². The number of carbonyl (C=O) groups excluding carboxylic acids is 1. The van der Waals surface area contributed by atoms with E-state index in [1.54, 1.807) is 13.8 Å². The lowest BCUT2D eigenvalue weighted by Crippen LogP contribution is -2.44. The molecule has 0 radical (unpaired) electrons. The molecule has 0 bridgehead atoms. The SMILES string of the molecule is CCOCC(OC)(OCC)OC(=O)c1cc(O)c(O)c(O)c1. The highest BCUT2D eigenvalue weighted by Crippen LogP contribution is 2.35. The zero-order valence-corrected chi connectivity index (χ0v) is 12.7.